The molecule has 0 saturated heterocycles. The van der Waals surface area contributed by atoms with Crippen LogP contribution in [0.2, 0.25) is 0 Å². The van der Waals surface area contributed by atoms with E-state index < -0.39 is 23.8 Å². The van der Waals surface area contributed by atoms with Crippen LogP contribution in [0.15, 0.2) is 54.6 Å². The van der Waals surface area contributed by atoms with Crippen molar-refractivity contribution in [2.45, 2.75) is 91.5 Å². The van der Waals surface area contributed by atoms with Gasteiger partial charge in [0.25, 0.3) is 0 Å². The van der Waals surface area contributed by atoms with Crippen LogP contribution < -0.4 is 10.6 Å². The van der Waals surface area contributed by atoms with E-state index in [9.17, 15) is 14.4 Å². The minimum Gasteiger partial charge on any atom is -0.444 e. The normalized spacial score (nSPS) is 13.7. The summed E-state index contributed by atoms with van der Waals surface area (Å²) in [5, 5.41) is 5.85. The maximum atomic E-state index is 14.1. The highest BCUT2D eigenvalue weighted by molar-refractivity contribution is 5.92. The number of carbonyl (C=O) groups is 3. The van der Waals surface area contributed by atoms with Crippen LogP contribution in [0, 0.1) is 6.92 Å². The van der Waals surface area contributed by atoms with Gasteiger partial charge in [-0.15, -0.1) is 0 Å². The summed E-state index contributed by atoms with van der Waals surface area (Å²) in [7, 11) is 0. The number of amides is 3. The Balaban J connectivity index is 2.44. The van der Waals surface area contributed by atoms with E-state index in [1.54, 1.807) is 25.7 Å². The summed E-state index contributed by atoms with van der Waals surface area (Å²) in [4.78, 5) is 41.9. The summed E-state index contributed by atoms with van der Waals surface area (Å²) in [6.07, 6.45) is 1.37. The first-order valence-electron chi connectivity index (χ1n) is 13.2. The zero-order valence-corrected chi connectivity index (χ0v) is 23.3. The zero-order valence-electron chi connectivity index (χ0n) is 23.3. The summed E-state index contributed by atoms with van der Waals surface area (Å²) in [5.41, 5.74) is 1.96. The number of ether oxygens (including phenoxy) is 1. The van der Waals surface area contributed by atoms with Crippen LogP contribution in [-0.2, 0) is 20.7 Å². The molecule has 0 spiro atoms. The quantitative estimate of drug-likeness (QED) is 0.429. The topological polar surface area (TPSA) is 87.7 Å². The van der Waals surface area contributed by atoms with Crippen molar-refractivity contribution in [3.05, 3.63) is 71.3 Å². The summed E-state index contributed by atoms with van der Waals surface area (Å²) >= 11 is 0. The lowest BCUT2D eigenvalue weighted by atomic mass is 9.99. The minimum absolute atomic E-state index is 0.0285. The Morgan fingerprint density at radius 2 is 1.57 bits per heavy atom. The standard InChI is InChI=1S/C30H43N3O4/c1-8-13-22(4)31-27(34)26(24-18-16-21(3)17-19-24)33(9-2)28(35)25(20-23-14-11-10-12-15-23)32-29(36)37-30(5,6)7/h10-12,14-19,22,25-26H,8-9,13,20H2,1-7H3,(H,31,34)(H,32,36). The van der Waals surface area contributed by atoms with Gasteiger partial charge in [0.1, 0.15) is 17.7 Å². The molecule has 2 N–H and O–H groups in total. The largest absolute Gasteiger partial charge is 0.444 e. The van der Waals surface area contributed by atoms with Gasteiger partial charge in [-0.25, -0.2) is 4.79 Å². The second-order valence-corrected chi connectivity index (χ2v) is 10.5. The number of aryl methyl sites for hydroxylation is 1. The lowest BCUT2D eigenvalue weighted by Gasteiger charge is -2.34. The number of nitrogens with one attached hydrogen (secondary N) is 2. The molecule has 0 saturated carbocycles. The lowest BCUT2D eigenvalue weighted by molar-refractivity contribution is -0.142. The zero-order chi connectivity index (χ0) is 27.6. The van der Waals surface area contributed by atoms with Gasteiger partial charge in [-0.1, -0.05) is 73.5 Å². The second kappa shape index (κ2) is 13.8. The molecule has 37 heavy (non-hydrogen) atoms. The Kier molecular flexibility index (Phi) is 11.2. The van der Waals surface area contributed by atoms with E-state index in [2.05, 4.69) is 17.6 Å². The third-order valence-corrected chi connectivity index (χ3v) is 5.96. The molecule has 3 atom stereocenters. The molecule has 0 aliphatic heterocycles. The molecule has 3 unspecified atom stereocenters. The maximum Gasteiger partial charge on any atom is 0.408 e. The summed E-state index contributed by atoms with van der Waals surface area (Å²) in [5.74, 6) is -0.586. The molecule has 2 aromatic carbocycles. The van der Waals surface area contributed by atoms with E-state index >= 15 is 0 Å². The van der Waals surface area contributed by atoms with Gasteiger partial charge in [-0.05, 0) is 59.1 Å². The van der Waals surface area contributed by atoms with E-state index in [0.717, 1.165) is 29.5 Å². The number of hydrogen-bond donors (Lipinski definition) is 2. The fraction of sp³-hybridized carbons (Fsp3) is 0.500. The minimum atomic E-state index is -0.911. The van der Waals surface area contributed by atoms with Gasteiger partial charge in [-0.3, -0.25) is 9.59 Å². The van der Waals surface area contributed by atoms with E-state index in [4.69, 9.17) is 4.74 Å². The Bertz CT molecular complexity index is 1020. The number of alkyl carbamates (subject to hydrolysis) is 1. The maximum absolute atomic E-state index is 14.1. The number of carbonyl (C=O) groups excluding carboxylic acids is 3. The van der Waals surface area contributed by atoms with Gasteiger partial charge < -0.3 is 20.3 Å². The van der Waals surface area contributed by atoms with Crippen LogP contribution in [0.5, 0.6) is 0 Å². The van der Waals surface area contributed by atoms with Gasteiger partial charge in [0.2, 0.25) is 11.8 Å². The molecule has 0 bridgehead atoms. The second-order valence-electron chi connectivity index (χ2n) is 10.5. The number of nitrogens with zero attached hydrogens (tertiary/aromatic N) is 1. The number of likely N-dealkylation sites (N-methyl/N-ethyl adjacent to an activating group) is 1. The Morgan fingerprint density at radius 3 is 2.11 bits per heavy atom. The van der Waals surface area contributed by atoms with Crippen molar-refractivity contribution in [3.63, 3.8) is 0 Å². The highest BCUT2D eigenvalue weighted by atomic mass is 16.6. The monoisotopic (exact) mass is 509 g/mol. The molecule has 0 aliphatic rings. The smallest absolute Gasteiger partial charge is 0.408 e. The molecule has 0 aromatic heterocycles. The van der Waals surface area contributed by atoms with Crippen molar-refractivity contribution in [2.75, 3.05) is 6.54 Å². The average Bonchev–Trinajstić information content (AvgIpc) is 2.82. The van der Waals surface area contributed by atoms with Gasteiger partial charge in [0.05, 0.1) is 0 Å². The molecule has 0 heterocycles. The van der Waals surface area contributed by atoms with Crippen LogP contribution in [0.1, 0.15) is 77.1 Å². The molecule has 3 amide bonds. The Hall–Kier alpha value is -3.35. The van der Waals surface area contributed by atoms with E-state index in [1.807, 2.05) is 75.4 Å². The fourth-order valence-corrected chi connectivity index (χ4v) is 4.21. The van der Waals surface area contributed by atoms with Crippen molar-refractivity contribution < 1.29 is 19.1 Å². The molecule has 0 aliphatic carbocycles. The molecule has 2 aromatic rings. The van der Waals surface area contributed by atoms with Crippen LogP contribution >= 0.6 is 0 Å². The van der Waals surface area contributed by atoms with Crippen LogP contribution in [0.4, 0.5) is 4.79 Å². The molecule has 2 rings (SSSR count). The molecule has 7 heteroatoms. The van der Waals surface area contributed by atoms with Crippen LogP contribution in [0.25, 0.3) is 0 Å². The van der Waals surface area contributed by atoms with Gasteiger partial charge in [0, 0.05) is 19.0 Å². The fourth-order valence-electron chi connectivity index (χ4n) is 4.21. The summed E-state index contributed by atoms with van der Waals surface area (Å²) in [6, 6.07) is 15.3. The van der Waals surface area contributed by atoms with Crippen LogP contribution in [-0.4, -0.2) is 47.0 Å². The number of benzene rings is 2. The van der Waals surface area contributed by atoms with Gasteiger partial charge in [0.15, 0.2) is 0 Å². The first-order chi connectivity index (χ1) is 17.4. The van der Waals surface area contributed by atoms with Crippen molar-refractivity contribution in [1.82, 2.24) is 15.5 Å². The third-order valence-electron chi connectivity index (χ3n) is 5.96. The SMILES string of the molecule is CCCC(C)NC(=O)C(c1ccc(C)cc1)N(CC)C(=O)C(Cc1ccccc1)NC(=O)OC(C)(C)C. The molecule has 7 nitrogen and oxygen atoms in total. The number of hydrogen-bond acceptors (Lipinski definition) is 4. The predicted molar refractivity (Wildman–Crippen MR) is 147 cm³/mol. The predicted octanol–water partition coefficient (Wildman–Crippen LogP) is 5.33. The number of rotatable bonds is 11. The van der Waals surface area contributed by atoms with E-state index in [-0.39, 0.29) is 30.8 Å². The average molecular weight is 510 g/mol. The molecular formula is C30H43N3O4. The van der Waals surface area contributed by atoms with Crippen molar-refractivity contribution >= 4 is 17.9 Å². The molecule has 0 fully saturated rings. The highest BCUT2D eigenvalue weighted by Crippen LogP contribution is 2.24. The van der Waals surface area contributed by atoms with Crippen molar-refractivity contribution in [1.29, 1.82) is 0 Å². The first kappa shape index (κ1) is 29.9. The molecule has 202 valence electrons. The molecular weight excluding hydrogens is 466 g/mol. The Morgan fingerprint density at radius 1 is 0.946 bits per heavy atom. The Labute approximate surface area is 222 Å². The van der Waals surface area contributed by atoms with Crippen molar-refractivity contribution in [2.24, 2.45) is 0 Å². The van der Waals surface area contributed by atoms with Gasteiger partial charge in [-0.2, -0.15) is 0 Å². The lowest BCUT2D eigenvalue weighted by Crippen LogP contribution is -2.54. The van der Waals surface area contributed by atoms with Gasteiger partial charge >= 0.3 is 6.09 Å². The third kappa shape index (κ3) is 9.56. The summed E-state index contributed by atoms with van der Waals surface area (Å²) in [6.45, 7) is 13.5. The van der Waals surface area contributed by atoms with Crippen molar-refractivity contribution in [3.8, 4) is 0 Å². The van der Waals surface area contributed by atoms with E-state index in [0.29, 0.717) is 0 Å². The highest BCUT2D eigenvalue weighted by Gasteiger charge is 2.36. The summed E-state index contributed by atoms with van der Waals surface area (Å²) < 4.78 is 5.45. The first-order valence-corrected chi connectivity index (χ1v) is 13.2. The van der Waals surface area contributed by atoms with Crippen LogP contribution in [0.3, 0.4) is 0 Å². The van der Waals surface area contributed by atoms with E-state index in [1.165, 1.54) is 0 Å². The molecule has 0 radical (unpaired) electrons.